The zero-order valence-corrected chi connectivity index (χ0v) is 12.3. The molecule has 19 heavy (non-hydrogen) atoms. The molecule has 2 rings (SSSR count). The van der Waals surface area contributed by atoms with Crippen LogP contribution in [0, 0.1) is 5.92 Å². The minimum atomic E-state index is 0.172. The van der Waals surface area contributed by atoms with Crippen molar-refractivity contribution in [2.24, 2.45) is 5.92 Å². The summed E-state index contributed by atoms with van der Waals surface area (Å²) >= 11 is 0. The van der Waals surface area contributed by atoms with Gasteiger partial charge in [-0.2, -0.15) is 0 Å². The van der Waals surface area contributed by atoms with Crippen molar-refractivity contribution in [1.82, 2.24) is 9.80 Å². The Balaban J connectivity index is 1.92. The van der Waals surface area contributed by atoms with Crippen molar-refractivity contribution in [1.29, 1.82) is 0 Å². The molecule has 1 amide bonds. The molecule has 3 unspecified atom stereocenters. The molecule has 4 nitrogen and oxygen atoms in total. The van der Waals surface area contributed by atoms with Gasteiger partial charge in [0, 0.05) is 18.6 Å². The van der Waals surface area contributed by atoms with Gasteiger partial charge in [-0.25, -0.2) is 0 Å². The molecule has 2 aliphatic heterocycles. The van der Waals surface area contributed by atoms with E-state index in [1.54, 1.807) is 0 Å². The van der Waals surface area contributed by atoms with Crippen molar-refractivity contribution in [2.75, 3.05) is 26.2 Å². The van der Waals surface area contributed by atoms with Gasteiger partial charge in [0.1, 0.15) is 0 Å². The van der Waals surface area contributed by atoms with Gasteiger partial charge in [-0.15, -0.1) is 0 Å². The van der Waals surface area contributed by atoms with Crippen molar-refractivity contribution < 1.29 is 9.90 Å². The molecule has 0 aliphatic carbocycles. The Bertz CT molecular complexity index is 309. The quantitative estimate of drug-likeness (QED) is 0.840. The first kappa shape index (κ1) is 14.8. The molecule has 0 bridgehead atoms. The second-order valence-corrected chi connectivity index (χ2v) is 6.13. The van der Waals surface area contributed by atoms with Crippen molar-refractivity contribution in [3.63, 3.8) is 0 Å². The fourth-order valence-corrected chi connectivity index (χ4v) is 3.60. The van der Waals surface area contributed by atoms with Gasteiger partial charge in [0.25, 0.3) is 0 Å². The highest BCUT2D eigenvalue weighted by Gasteiger charge is 2.34. The van der Waals surface area contributed by atoms with Crippen LogP contribution in [0.5, 0.6) is 0 Å². The first-order valence-corrected chi connectivity index (χ1v) is 7.81. The zero-order chi connectivity index (χ0) is 13.8. The molecular formula is C15H28N2O2. The first-order valence-electron chi connectivity index (χ1n) is 7.81. The van der Waals surface area contributed by atoms with Crippen LogP contribution in [-0.4, -0.2) is 59.1 Å². The summed E-state index contributed by atoms with van der Waals surface area (Å²) in [6.45, 7) is 6.87. The second-order valence-electron chi connectivity index (χ2n) is 6.13. The van der Waals surface area contributed by atoms with Crippen LogP contribution in [-0.2, 0) is 4.79 Å². The van der Waals surface area contributed by atoms with Crippen LogP contribution in [0.3, 0.4) is 0 Å². The van der Waals surface area contributed by atoms with Crippen LogP contribution in [0.15, 0.2) is 0 Å². The van der Waals surface area contributed by atoms with Gasteiger partial charge in [-0.3, -0.25) is 9.69 Å². The fourth-order valence-electron chi connectivity index (χ4n) is 3.60. The van der Waals surface area contributed by atoms with Crippen molar-refractivity contribution >= 4 is 5.91 Å². The van der Waals surface area contributed by atoms with Crippen LogP contribution in [0.25, 0.3) is 0 Å². The van der Waals surface area contributed by atoms with E-state index in [1.807, 2.05) is 0 Å². The molecule has 0 aromatic rings. The Hall–Kier alpha value is -0.610. The van der Waals surface area contributed by atoms with Crippen molar-refractivity contribution in [3.05, 3.63) is 0 Å². The lowest BCUT2D eigenvalue weighted by Crippen LogP contribution is -2.49. The Morgan fingerprint density at radius 2 is 2.05 bits per heavy atom. The van der Waals surface area contributed by atoms with Crippen LogP contribution in [0.1, 0.15) is 46.0 Å². The average molecular weight is 268 g/mol. The molecule has 4 heteroatoms. The largest absolute Gasteiger partial charge is 0.395 e. The van der Waals surface area contributed by atoms with Gasteiger partial charge in [0.2, 0.25) is 5.91 Å². The number of rotatable bonds is 4. The van der Waals surface area contributed by atoms with Crippen LogP contribution in [0.2, 0.25) is 0 Å². The number of aliphatic hydroxyl groups excluding tert-OH is 1. The summed E-state index contributed by atoms with van der Waals surface area (Å²) in [5, 5.41) is 9.46. The highest BCUT2D eigenvalue weighted by molar-refractivity contribution is 5.78. The van der Waals surface area contributed by atoms with Gasteiger partial charge in [0.15, 0.2) is 0 Å². The van der Waals surface area contributed by atoms with E-state index in [0.29, 0.717) is 18.5 Å². The van der Waals surface area contributed by atoms with Gasteiger partial charge < -0.3 is 10.0 Å². The van der Waals surface area contributed by atoms with Crippen molar-refractivity contribution in [2.45, 2.75) is 58.0 Å². The molecule has 2 fully saturated rings. The lowest BCUT2D eigenvalue weighted by molar-refractivity contribution is -0.136. The Morgan fingerprint density at radius 1 is 1.26 bits per heavy atom. The summed E-state index contributed by atoms with van der Waals surface area (Å²) < 4.78 is 0. The van der Waals surface area contributed by atoms with Gasteiger partial charge in [0.05, 0.1) is 13.2 Å². The topological polar surface area (TPSA) is 43.8 Å². The number of hydrogen-bond acceptors (Lipinski definition) is 3. The lowest BCUT2D eigenvalue weighted by Gasteiger charge is -2.37. The molecule has 0 aromatic carbocycles. The molecule has 0 spiro atoms. The molecular weight excluding hydrogens is 240 g/mol. The summed E-state index contributed by atoms with van der Waals surface area (Å²) in [7, 11) is 0. The van der Waals surface area contributed by atoms with Crippen molar-refractivity contribution in [3.8, 4) is 0 Å². The monoisotopic (exact) mass is 268 g/mol. The molecule has 2 heterocycles. The average Bonchev–Trinajstić information content (AvgIpc) is 2.78. The minimum Gasteiger partial charge on any atom is -0.395 e. The molecule has 2 aliphatic rings. The molecule has 3 atom stereocenters. The zero-order valence-electron chi connectivity index (χ0n) is 12.3. The van der Waals surface area contributed by atoms with Gasteiger partial charge in [-0.1, -0.05) is 13.8 Å². The van der Waals surface area contributed by atoms with Gasteiger partial charge >= 0.3 is 0 Å². The summed E-state index contributed by atoms with van der Waals surface area (Å²) in [6, 6.07) is 0.614. The van der Waals surface area contributed by atoms with E-state index < -0.39 is 0 Å². The number of amides is 1. The van der Waals surface area contributed by atoms with Gasteiger partial charge in [-0.05, 0) is 44.6 Å². The first-order chi connectivity index (χ1) is 9.17. The predicted octanol–water partition coefficient (Wildman–Crippen LogP) is 1.48. The SMILES string of the molecule is CCC1CCCCN1C(=O)CN1CCC(C)C1CO. The third kappa shape index (κ3) is 3.29. The van der Waals surface area contributed by atoms with E-state index in [0.717, 1.165) is 38.8 Å². The number of carbonyl (C=O) groups is 1. The highest BCUT2D eigenvalue weighted by atomic mass is 16.3. The third-order valence-corrected chi connectivity index (χ3v) is 4.94. The van der Waals surface area contributed by atoms with E-state index in [4.69, 9.17) is 0 Å². The summed E-state index contributed by atoms with van der Waals surface area (Å²) in [5.41, 5.74) is 0. The number of aliphatic hydroxyl groups is 1. The van der Waals surface area contributed by atoms with Crippen LogP contribution in [0.4, 0.5) is 0 Å². The third-order valence-electron chi connectivity index (χ3n) is 4.94. The Kier molecular flexibility index (Phi) is 5.22. The molecule has 0 saturated carbocycles. The lowest BCUT2D eigenvalue weighted by atomic mass is 10.00. The Morgan fingerprint density at radius 3 is 2.74 bits per heavy atom. The maximum atomic E-state index is 12.5. The molecule has 110 valence electrons. The van der Waals surface area contributed by atoms with E-state index in [9.17, 15) is 9.90 Å². The molecule has 0 aromatic heterocycles. The maximum absolute atomic E-state index is 12.5. The minimum absolute atomic E-state index is 0.172. The summed E-state index contributed by atoms with van der Waals surface area (Å²) in [6.07, 6.45) is 5.70. The maximum Gasteiger partial charge on any atom is 0.237 e. The highest BCUT2D eigenvalue weighted by Crippen LogP contribution is 2.25. The Labute approximate surface area is 116 Å². The van der Waals surface area contributed by atoms with Crippen LogP contribution < -0.4 is 0 Å². The van der Waals surface area contributed by atoms with Crippen LogP contribution >= 0.6 is 0 Å². The number of likely N-dealkylation sites (tertiary alicyclic amines) is 2. The normalized spacial score (nSPS) is 32.8. The number of piperidine rings is 1. The van der Waals surface area contributed by atoms with E-state index in [-0.39, 0.29) is 18.6 Å². The summed E-state index contributed by atoms with van der Waals surface area (Å²) in [5.74, 6) is 0.764. The smallest absolute Gasteiger partial charge is 0.237 e. The molecule has 2 saturated heterocycles. The second kappa shape index (κ2) is 6.71. The number of carbonyl (C=O) groups excluding carboxylic acids is 1. The van der Waals surface area contributed by atoms with E-state index in [2.05, 4.69) is 23.6 Å². The van der Waals surface area contributed by atoms with E-state index >= 15 is 0 Å². The fraction of sp³-hybridized carbons (Fsp3) is 0.933. The summed E-state index contributed by atoms with van der Waals surface area (Å²) in [4.78, 5) is 16.8. The predicted molar refractivity (Wildman–Crippen MR) is 75.9 cm³/mol. The van der Waals surface area contributed by atoms with E-state index in [1.165, 1.54) is 6.42 Å². The molecule has 0 radical (unpaired) electrons. The standard InChI is InChI=1S/C15H28N2O2/c1-3-13-6-4-5-8-17(13)15(19)10-16-9-7-12(2)14(16)11-18/h12-14,18H,3-11H2,1-2H3. The number of hydrogen-bond donors (Lipinski definition) is 1. The molecule has 1 N–H and O–H groups in total. The number of nitrogens with zero attached hydrogens (tertiary/aromatic N) is 2.